The van der Waals surface area contributed by atoms with Crippen LogP contribution in [0.25, 0.3) is 0 Å². The third kappa shape index (κ3) is 5.31. The quantitative estimate of drug-likeness (QED) is 0.739. The largest absolute Gasteiger partial charge is 0.493 e. The van der Waals surface area contributed by atoms with Gasteiger partial charge in [-0.25, -0.2) is 0 Å². The van der Waals surface area contributed by atoms with Crippen LogP contribution in [0.4, 0.5) is 5.69 Å². The Bertz CT molecular complexity index is 503. The van der Waals surface area contributed by atoms with Gasteiger partial charge in [-0.05, 0) is 26.2 Å². The monoisotopic (exact) mass is 295 g/mol. The van der Waals surface area contributed by atoms with Crippen molar-refractivity contribution >= 4 is 17.5 Å². The van der Waals surface area contributed by atoms with Crippen LogP contribution in [0.5, 0.6) is 11.5 Å². The second-order valence-electron chi connectivity index (χ2n) is 4.58. The highest BCUT2D eigenvalue weighted by atomic mass is 16.5. The van der Waals surface area contributed by atoms with Crippen molar-refractivity contribution in [2.45, 2.75) is 0 Å². The topological polar surface area (TPSA) is 79.9 Å². The molecule has 0 unspecified atom stereocenters. The highest BCUT2D eigenvalue weighted by Crippen LogP contribution is 2.29. The Morgan fingerprint density at radius 3 is 2.33 bits per heavy atom. The molecule has 2 N–H and O–H groups in total. The van der Waals surface area contributed by atoms with Gasteiger partial charge in [0.2, 0.25) is 0 Å². The van der Waals surface area contributed by atoms with Crippen LogP contribution in [0.1, 0.15) is 0 Å². The molecule has 0 saturated heterocycles. The molecule has 7 heteroatoms. The molecule has 7 nitrogen and oxygen atoms in total. The molecule has 0 aliphatic rings. The van der Waals surface area contributed by atoms with Crippen molar-refractivity contribution in [2.24, 2.45) is 0 Å². The molecule has 0 aromatic heterocycles. The molecule has 0 aliphatic carbocycles. The number of anilines is 1. The molecule has 1 aromatic carbocycles. The number of rotatable bonds is 6. The van der Waals surface area contributed by atoms with E-state index in [1.165, 1.54) is 14.2 Å². The molecular weight excluding hydrogens is 274 g/mol. The summed E-state index contributed by atoms with van der Waals surface area (Å²) in [6.45, 7) is 1.07. The predicted octanol–water partition coefficient (Wildman–Crippen LogP) is 0.320. The van der Waals surface area contributed by atoms with E-state index in [1.54, 1.807) is 18.2 Å². The first-order valence-electron chi connectivity index (χ1n) is 6.44. The first kappa shape index (κ1) is 16.8. The molecule has 116 valence electrons. The predicted molar refractivity (Wildman–Crippen MR) is 79.7 cm³/mol. The number of hydrogen-bond acceptors (Lipinski definition) is 5. The third-order valence-electron chi connectivity index (χ3n) is 2.69. The number of carbonyl (C=O) groups excluding carboxylic acids is 2. The number of hydrogen-bond donors (Lipinski definition) is 2. The fourth-order valence-electron chi connectivity index (χ4n) is 1.58. The smallest absolute Gasteiger partial charge is 0.313 e. The van der Waals surface area contributed by atoms with E-state index in [2.05, 4.69) is 10.6 Å². The maximum absolute atomic E-state index is 11.7. The van der Waals surface area contributed by atoms with E-state index in [9.17, 15) is 9.59 Å². The Kier molecular flexibility index (Phi) is 6.48. The molecule has 0 heterocycles. The van der Waals surface area contributed by atoms with Crippen LogP contribution in [0, 0.1) is 0 Å². The summed E-state index contributed by atoms with van der Waals surface area (Å²) in [6, 6.07) is 4.87. The number of nitrogens with zero attached hydrogens (tertiary/aromatic N) is 1. The van der Waals surface area contributed by atoms with Gasteiger partial charge in [-0.2, -0.15) is 0 Å². The zero-order valence-corrected chi connectivity index (χ0v) is 12.7. The lowest BCUT2D eigenvalue weighted by atomic mass is 10.2. The lowest BCUT2D eigenvalue weighted by Crippen LogP contribution is -2.38. The molecule has 0 fully saturated rings. The Labute approximate surface area is 124 Å². The number of benzene rings is 1. The summed E-state index contributed by atoms with van der Waals surface area (Å²) in [4.78, 5) is 25.3. The van der Waals surface area contributed by atoms with Gasteiger partial charge < -0.3 is 25.0 Å². The van der Waals surface area contributed by atoms with Crippen molar-refractivity contribution in [3.8, 4) is 11.5 Å². The molecule has 1 aromatic rings. The second-order valence-corrected chi connectivity index (χ2v) is 4.58. The van der Waals surface area contributed by atoms with Gasteiger partial charge >= 0.3 is 11.8 Å². The average molecular weight is 295 g/mol. The van der Waals surface area contributed by atoms with Gasteiger partial charge in [0.05, 0.1) is 14.2 Å². The van der Waals surface area contributed by atoms with Crippen LogP contribution in [-0.2, 0) is 9.59 Å². The Morgan fingerprint density at radius 1 is 1.10 bits per heavy atom. The summed E-state index contributed by atoms with van der Waals surface area (Å²) in [5.41, 5.74) is 0.459. The van der Waals surface area contributed by atoms with Crippen molar-refractivity contribution in [1.29, 1.82) is 0 Å². The molecule has 0 atom stereocenters. The molecule has 1 rings (SSSR count). The van der Waals surface area contributed by atoms with Gasteiger partial charge in [0.1, 0.15) is 0 Å². The fourth-order valence-corrected chi connectivity index (χ4v) is 1.58. The van der Waals surface area contributed by atoms with Gasteiger partial charge in [0.15, 0.2) is 11.5 Å². The zero-order valence-electron chi connectivity index (χ0n) is 12.7. The number of methoxy groups -OCH3 is 2. The Morgan fingerprint density at radius 2 is 1.76 bits per heavy atom. The van der Waals surface area contributed by atoms with Crippen molar-refractivity contribution in [1.82, 2.24) is 10.2 Å². The maximum Gasteiger partial charge on any atom is 0.313 e. The van der Waals surface area contributed by atoms with E-state index < -0.39 is 11.8 Å². The van der Waals surface area contributed by atoms with E-state index in [4.69, 9.17) is 9.47 Å². The minimum Gasteiger partial charge on any atom is -0.493 e. The second kappa shape index (κ2) is 8.11. The standard InChI is InChI=1S/C14H21N3O4/c1-17(2)8-7-15-13(18)14(19)16-10-5-6-11(20-3)12(9-10)21-4/h5-6,9H,7-8H2,1-4H3,(H,15,18)(H,16,19). The molecule has 0 radical (unpaired) electrons. The fraction of sp³-hybridized carbons (Fsp3) is 0.429. The highest BCUT2D eigenvalue weighted by Gasteiger charge is 2.14. The lowest BCUT2D eigenvalue weighted by Gasteiger charge is -2.12. The number of carbonyl (C=O) groups is 2. The summed E-state index contributed by atoms with van der Waals surface area (Å²) < 4.78 is 10.2. The molecule has 0 bridgehead atoms. The first-order chi connectivity index (χ1) is 9.97. The van der Waals surface area contributed by atoms with Crippen molar-refractivity contribution in [2.75, 3.05) is 46.7 Å². The van der Waals surface area contributed by atoms with Crippen molar-refractivity contribution in [3.05, 3.63) is 18.2 Å². The van der Waals surface area contributed by atoms with Crippen LogP contribution >= 0.6 is 0 Å². The summed E-state index contributed by atoms with van der Waals surface area (Å²) in [7, 11) is 6.79. The third-order valence-corrected chi connectivity index (χ3v) is 2.69. The zero-order chi connectivity index (χ0) is 15.8. The summed E-state index contributed by atoms with van der Waals surface area (Å²) in [5.74, 6) is -0.373. The molecule has 0 aliphatic heterocycles. The van der Waals surface area contributed by atoms with Crippen molar-refractivity contribution in [3.63, 3.8) is 0 Å². The van der Waals surface area contributed by atoms with Crippen LogP contribution in [0.2, 0.25) is 0 Å². The van der Waals surface area contributed by atoms with E-state index in [0.717, 1.165) is 0 Å². The molecule has 2 amide bonds. The minimum atomic E-state index is -0.721. The van der Waals surface area contributed by atoms with E-state index >= 15 is 0 Å². The number of likely N-dealkylation sites (N-methyl/N-ethyl adjacent to an activating group) is 1. The van der Waals surface area contributed by atoms with E-state index in [0.29, 0.717) is 30.3 Å². The number of nitrogens with one attached hydrogen (secondary N) is 2. The molecule has 0 saturated carbocycles. The first-order valence-corrected chi connectivity index (χ1v) is 6.44. The summed E-state index contributed by atoms with van der Waals surface area (Å²) in [5, 5.41) is 5.04. The van der Waals surface area contributed by atoms with E-state index in [1.807, 2.05) is 19.0 Å². The number of ether oxygens (including phenoxy) is 2. The summed E-state index contributed by atoms with van der Waals surface area (Å²) in [6.07, 6.45) is 0. The van der Waals surface area contributed by atoms with Gasteiger partial charge in [-0.3, -0.25) is 9.59 Å². The van der Waals surface area contributed by atoms with Crippen LogP contribution in [0.15, 0.2) is 18.2 Å². The Hall–Kier alpha value is -2.28. The number of amides is 2. The van der Waals surface area contributed by atoms with Crippen LogP contribution in [0.3, 0.4) is 0 Å². The molecule has 0 spiro atoms. The van der Waals surface area contributed by atoms with Crippen LogP contribution in [-0.4, -0.2) is 58.1 Å². The van der Waals surface area contributed by atoms with Gasteiger partial charge in [0, 0.05) is 24.8 Å². The van der Waals surface area contributed by atoms with Gasteiger partial charge in [-0.15, -0.1) is 0 Å². The Balaban J connectivity index is 2.60. The van der Waals surface area contributed by atoms with Crippen LogP contribution < -0.4 is 20.1 Å². The molecular formula is C14H21N3O4. The van der Waals surface area contributed by atoms with Gasteiger partial charge in [0.25, 0.3) is 0 Å². The normalized spacial score (nSPS) is 10.1. The summed E-state index contributed by atoms with van der Waals surface area (Å²) >= 11 is 0. The van der Waals surface area contributed by atoms with Crippen molar-refractivity contribution < 1.29 is 19.1 Å². The molecule has 21 heavy (non-hydrogen) atoms. The van der Waals surface area contributed by atoms with Gasteiger partial charge in [-0.1, -0.05) is 0 Å². The lowest BCUT2D eigenvalue weighted by molar-refractivity contribution is -0.136. The maximum atomic E-state index is 11.7. The van der Waals surface area contributed by atoms with E-state index in [-0.39, 0.29) is 0 Å². The SMILES string of the molecule is COc1ccc(NC(=O)C(=O)NCCN(C)C)cc1OC. The average Bonchev–Trinajstić information content (AvgIpc) is 2.46. The minimum absolute atomic E-state index is 0.408. The highest BCUT2D eigenvalue weighted by molar-refractivity contribution is 6.39.